The van der Waals surface area contributed by atoms with E-state index in [1.54, 1.807) is 6.92 Å². The van der Waals surface area contributed by atoms with Gasteiger partial charge in [-0.05, 0) is 6.92 Å². The van der Waals surface area contributed by atoms with Crippen LogP contribution in [0.4, 0.5) is 4.39 Å². The normalized spacial score (nSPS) is 9.83. The molecular formula is C8H10FN3. The number of hydrogen-bond acceptors (Lipinski definition) is 2. The lowest BCUT2D eigenvalue weighted by Crippen LogP contribution is -2.22. The molecule has 0 aliphatic heterocycles. The predicted octanol–water partition coefficient (Wildman–Crippen LogP) is 0.802. The van der Waals surface area contributed by atoms with Crippen molar-refractivity contribution < 1.29 is 4.39 Å². The summed E-state index contributed by atoms with van der Waals surface area (Å²) in [4.78, 5) is 0. The lowest BCUT2D eigenvalue weighted by atomic mass is 10.3. The lowest BCUT2D eigenvalue weighted by Gasteiger charge is -2.06. The van der Waals surface area contributed by atoms with Gasteiger partial charge in [0.25, 0.3) is 0 Å². The van der Waals surface area contributed by atoms with Crippen molar-refractivity contribution in [2.24, 2.45) is 5.73 Å². The smallest absolute Gasteiger partial charge is 0.133 e. The molecule has 1 heterocycles. The lowest BCUT2D eigenvalue weighted by molar-refractivity contribution is 0.608. The highest BCUT2D eigenvalue weighted by molar-refractivity contribution is 5.36. The maximum Gasteiger partial charge on any atom is 0.133 e. The zero-order valence-electron chi connectivity index (χ0n) is 6.76. The molecule has 0 aliphatic carbocycles. The molecule has 0 amide bonds. The second-order valence-corrected chi connectivity index (χ2v) is 2.55. The molecule has 0 saturated heterocycles. The number of rotatable bonds is 1. The van der Waals surface area contributed by atoms with Crippen LogP contribution in [-0.4, -0.2) is 4.57 Å². The van der Waals surface area contributed by atoms with Gasteiger partial charge in [-0.3, -0.25) is 9.98 Å². The van der Waals surface area contributed by atoms with Crippen molar-refractivity contribution in [2.75, 3.05) is 0 Å². The summed E-state index contributed by atoms with van der Waals surface area (Å²) in [5, 5.41) is 7.32. The highest BCUT2D eigenvalue weighted by atomic mass is 19.1. The number of halogens is 1. The average molecular weight is 167 g/mol. The molecule has 12 heavy (non-hydrogen) atoms. The number of nitrogens with zero attached hydrogens (tertiary/aromatic N) is 1. The monoisotopic (exact) mass is 167 g/mol. The van der Waals surface area contributed by atoms with Crippen LogP contribution >= 0.6 is 0 Å². The molecular weight excluding hydrogens is 157 g/mol. The third-order valence-electron chi connectivity index (χ3n) is 1.53. The Kier molecular flexibility index (Phi) is 1.99. The van der Waals surface area contributed by atoms with Crippen LogP contribution in [0.15, 0.2) is 18.8 Å². The first-order valence-electron chi connectivity index (χ1n) is 3.40. The van der Waals surface area contributed by atoms with E-state index in [9.17, 15) is 4.39 Å². The van der Waals surface area contributed by atoms with Crippen molar-refractivity contribution in [3.63, 3.8) is 0 Å². The zero-order chi connectivity index (χ0) is 9.30. The summed E-state index contributed by atoms with van der Waals surface area (Å²) in [7, 11) is 0. The van der Waals surface area contributed by atoms with E-state index < -0.39 is 5.82 Å². The predicted molar refractivity (Wildman–Crippen MR) is 44.5 cm³/mol. The van der Waals surface area contributed by atoms with Crippen molar-refractivity contribution in [1.82, 2.24) is 4.57 Å². The summed E-state index contributed by atoms with van der Waals surface area (Å²) in [5.74, 6) is -0.194. The molecule has 0 bridgehead atoms. The van der Waals surface area contributed by atoms with Crippen LogP contribution in [0.5, 0.6) is 0 Å². The van der Waals surface area contributed by atoms with Crippen molar-refractivity contribution >= 4 is 5.82 Å². The van der Waals surface area contributed by atoms with E-state index in [0.717, 1.165) is 6.07 Å². The van der Waals surface area contributed by atoms with Crippen molar-refractivity contribution in [3.8, 4) is 0 Å². The Morgan fingerprint density at radius 2 is 2.33 bits per heavy atom. The van der Waals surface area contributed by atoms with Gasteiger partial charge in [-0.1, -0.05) is 6.58 Å². The van der Waals surface area contributed by atoms with Gasteiger partial charge in [-0.25, -0.2) is 4.39 Å². The molecule has 0 saturated carbocycles. The molecule has 0 radical (unpaired) electrons. The Bertz CT molecular complexity index is 378. The number of hydrogen-bond donors (Lipinski definition) is 2. The molecule has 64 valence electrons. The van der Waals surface area contributed by atoms with Gasteiger partial charge in [0.15, 0.2) is 0 Å². The Morgan fingerprint density at radius 1 is 1.75 bits per heavy atom. The SMILES string of the molecule is C=C(N)n1cc(C)c(F)cc1=N. The highest BCUT2D eigenvalue weighted by Gasteiger charge is 2.00. The first-order valence-corrected chi connectivity index (χ1v) is 3.40. The van der Waals surface area contributed by atoms with Crippen LogP contribution in [0.3, 0.4) is 0 Å². The third-order valence-corrected chi connectivity index (χ3v) is 1.53. The quantitative estimate of drug-likeness (QED) is 0.638. The second-order valence-electron chi connectivity index (χ2n) is 2.55. The van der Waals surface area contributed by atoms with E-state index in [1.807, 2.05) is 0 Å². The van der Waals surface area contributed by atoms with Gasteiger partial charge < -0.3 is 5.73 Å². The van der Waals surface area contributed by atoms with Gasteiger partial charge in [-0.15, -0.1) is 0 Å². The highest BCUT2D eigenvalue weighted by Crippen LogP contribution is 2.01. The molecule has 0 aromatic carbocycles. The Labute approximate surface area is 69.5 Å². The Morgan fingerprint density at radius 3 is 2.83 bits per heavy atom. The summed E-state index contributed by atoms with van der Waals surface area (Å²) in [5.41, 5.74) is 5.79. The van der Waals surface area contributed by atoms with Crippen LogP contribution in [-0.2, 0) is 0 Å². The topological polar surface area (TPSA) is 54.8 Å². The zero-order valence-corrected chi connectivity index (χ0v) is 6.76. The first kappa shape index (κ1) is 8.52. The second kappa shape index (κ2) is 2.81. The summed E-state index contributed by atoms with van der Waals surface area (Å²) in [6.45, 7) is 5.06. The van der Waals surface area contributed by atoms with Gasteiger partial charge in [0.05, 0.1) is 0 Å². The molecule has 1 rings (SSSR count). The van der Waals surface area contributed by atoms with Gasteiger partial charge >= 0.3 is 0 Å². The van der Waals surface area contributed by atoms with Crippen LogP contribution in [0.2, 0.25) is 0 Å². The summed E-state index contributed by atoms with van der Waals surface area (Å²) in [6.07, 6.45) is 1.44. The summed E-state index contributed by atoms with van der Waals surface area (Å²) in [6, 6.07) is 1.10. The van der Waals surface area contributed by atoms with Gasteiger partial charge in [0.2, 0.25) is 0 Å². The molecule has 0 aliphatic rings. The molecule has 0 atom stereocenters. The third kappa shape index (κ3) is 1.37. The first-order chi connectivity index (χ1) is 5.52. The molecule has 0 fully saturated rings. The Balaban J connectivity index is 3.43. The fraction of sp³-hybridized carbons (Fsp3) is 0.125. The molecule has 3 nitrogen and oxygen atoms in total. The average Bonchev–Trinajstić information content (AvgIpc) is 1.96. The largest absolute Gasteiger partial charge is 0.385 e. The molecule has 1 aromatic rings. The standard InChI is InChI=1S/C8H10FN3/c1-5-4-12(6(2)10)8(11)3-7(5)9/h3-4,11H,2,10H2,1H3. The number of aryl methyl sites for hydroxylation is 1. The van der Waals surface area contributed by atoms with E-state index in [2.05, 4.69) is 6.58 Å². The fourth-order valence-corrected chi connectivity index (χ4v) is 0.866. The van der Waals surface area contributed by atoms with Gasteiger partial charge in [0, 0.05) is 17.8 Å². The van der Waals surface area contributed by atoms with Crippen LogP contribution in [0.1, 0.15) is 5.56 Å². The number of nitrogens with two attached hydrogens (primary N) is 1. The molecule has 1 aromatic heterocycles. The van der Waals surface area contributed by atoms with E-state index >= 15 is 0 Å². The summed E-state index contributed by atoms with van der Waals surface area (Å²) < 4.78 is 14.1. The number of aromatic nitrogens is 1. The van der Waals surface area contributed by atoms with Gasteiger partial charge in [-0.2, -0.15) is 0 Å². The molecule has 0 unspecified atom stereocenters. The Hall–Kier alpha value is -1.58. The fourth-order valence-electron chi connectivity index (χ4n) is 0.866. The van der Waals surface area contributed by atoms with E-state index in [1.165, 1.54) is 10.8 Å². The van der Waals surface area contributed by atoms with Crippen LogP contribution in [0.25, 0.3) is 5.82 Å². The van der Waals surface area contributed by atoms with Crippen LogP contribution in [0, 0.1) is 18.2 Å². The molecule has 3 N–H and O–H groups in total. The van der Waals surface area contributed by atoms with E-state index in [-0.39, 0.29) is 11.3 Å². The van der Waals surface area contributed by atoms with Crippen molar-refractivity contribution in [2.45, 2.75) is 6.92 Å². The van der Waals surface area contributed by atoms with Crippen molar-refractivity contribution in [1.29, 1.82) is 5.41 Å². The number of pyridine rings is 1. The minimum absolute atomic E-state index is 0.00870. The molecule has 0 spiro atoms. The van der Waals surface area contributed by atoms with Gasteiger partial charge in [0.1, 0.15) is 17.1 Å². The molecule has 4 heteroatoms. The summed E-state index contributed by atoms with van der Waals surface area (Å²) >= 11 is 0. The van der Waals surface area contributed by atoms with E-state index in [4.69, 9.17) is 11.1 Å². The van der Waals surface area contributed by atoms with Crippen molar-refractivity contribution in [3.05, 3.63) is 35.7 Å². The minimum Gasteiger partial charge on any atom is -0.385 e. The van der Waals surface area contributed by atoms with Crippen LogP contribution < -0.4 is 11.2 Å². The maximum absolute atomic E-state index is 12.8. The minimum atomic E-state index is -0.405. The van der Waals surface area contributed by atoms with E-state index in [0.29, 0.717) is 5.56 Å². The number of nitrogens with one attached hydrogen (secondary N) is 1. The maximum atomic E-state index is 12.8.